The second kappa shape index (κ2) is 10.5. The minimum absolute atomic E-state index is 0. The number of ketones is 1. The molecule has 0 radical (unpaired) electrons. The Morgan fingerprint density at radius 3 is 2.10 bits per heavy atom. The first kappa shape index (κ1) is 21.0. The quantitative estimate of drug-likeness (QED) is 0.574. The van der Waals surface area contributed by atoms with Crippen LogP contribution in [0.1, 0.15) is 41.0 Å². The lowest BCUT2D eigenvalue weighted by Crippen LogP contribution is -2.43. The van der Waals surface area contributed by atoms with Crippen LogP contribution in [0.4, 0.5) is 0 Å². The normalized spacial score (nSPS) is 12.2. The van der Waals surface area contributed by atoms with Gasteiger partial charge in [0.2, 0.25) is 5.91 Å². The van der Waals surface area contributed by atoms with E-state index in [9.17, 15) is 14.4 Å². The van der Waals surface area contributed by atoms with Crippen molar-refractivity contribution < 1.29 is 19.1 Å². The van der Waals surface area contributed by atoms with Crippen LogP contribution in [0.5, 0.6) is 0 Å². The van der Waals surface area contributed by atoms with Gasteiger partial charge in [-0.25, -0.2) is 4.79 Å². The van der Waals surface area contributed by atoms with Gasteiger partial charge in [-0.05, 0) is 26.7 Å². The Labute approximate surface area is 127 Å². The largest absolute Gasteiger partial charge is 0.460 e. The molecular weight excluding hydrogens is 278 g/mol. The van der Waals surface area contributed by atoms with Crippen molar-refractivity contribution in [3.05, 3.63) is 12.2 Å². The molecule has 0 saturated heterocycles. The van der Waals surface area contributed by atoms with Crippen LogP contribution in [0.3, 0.4) is 0 Å². The van der Waals surface area contributed by atoms with Crippen LogP contribution in [0.25, 0.3) is 0 Å². The minimum Gasteiger partial charge on any atom is -0.460 e. The highest BCUT2D eigenvalue weighted by Gasteiger charge is 2.19. The number of esters is 1. The molecule has 0 aromatic carbocycles. The highest BCUT2D eigenvalue weighted by atomic mass is 32.1. The summed E-state index contributed by atoms with van der Waals surface area (Å²) in [6.45, 7) is 8.67. The van der Waals surface area contributed by atoms with Gasteiger partial charge in [0.1, 0.15) is 0 Å². The maximum absolute atomic E-state index is 11.6. The van der Waals surface area contributed by atoms with Gasteiger partial charge in [-0.1, -0.05) is 19.9 Å². The van der Waals surface area contributed by atoms with Crippen LogP contribution in [-0.4, -0.2) is 29.8 Å². The number of amides is 1. The topological polar surface area (TPSA) is 72.5 Å². The Morgan fingerprint density at radius 1 is 1.15 bits per heavy atom. The molecule has 0 rings (SSSR count). The van der Waals surface area contributed by atoms with E-state index in [2.05, 4.69) is 5.32 Å². The van der Waals surface area contributed by atoms with E-state index in [4.69, 9.17) is 4.74 Å². The number of carbonyl (C=O) groups is 3. The predicted octanol–water partition coefficient (Wildman–Crippen LogP) is 1.73. The Balaban J connectivity index is 0. The van der Waals surface area contributed by atoms with Crippen molar-refractivity contribution in [2.75, 3.05) is 0 Å². The van der Waals surface area contributed by atoms with E-state index in [0.717, 1.165) is 0 Å². The van der Waals surface area contributed by atoms with E-state index >= 15 is 0 Å². The molecule has 0 aliphatic carbocycles. The highest BCUT2D eigenvalue weighted by Crippen LogP contribution is 2.03. The molecule has 1 amide bonds. The molecule has 5 nitrogen and oxygen atoms in total. The van der Waals surface area contributed by atoms with Crippen molar-refractivity contribution in [2.45, 2.75) is 53.2 Å². The lowest BCUT2D eigenvalue weighted by atomic mass is 10.0. The molecule has 1 N–H and O–H groups in total. The third kappa shape index (κ3) is 9.61. The van der Waals surface area contributed by atoms with Crippen molar-refractivity contribution in [3.63, 3.8) is 0 Å². The van der Waals surface area contributed by atoms with E-state index in [1.165, 1.54) is 19.1 Å². The van der Waals surface area contributed by atoms with Gasteiger partial charge in [-0.2, -0.15) is 13.5 Å². The van der Waals surface area contributed by atoms with Gasteiger partial charge in [-0.15, -0.1) is 0 Å². The fourth-order valence-corrected chi connectivity index (χ4v) is 1.50. The third-order valence-corrected chi connectivity index (χ3v) is 2.33. The zero-order valence-corrected chi connectivity index (χ0v) is 13.7. The molecule has 0 aliphatic heterocycles. The smallest absolute Gasteiger partial charge is 0.330 e. The fraction of sp³-hybridized carbons (Fsp3) is 0.643. The van der Waals surface area contributed by atoms with Crippen LogP contribution in [-0.2, 0) is 19.1 Å². The van der Waals surface area contributed by atoms with Gasteiger partial charge in [-0.3, -0.25) is 9.59 Å². The summed E-state index contributed by atoms with van der Waals surface area (Å²) in [7, 11) is 0. The van der Waals surface area contributed by atoms with Crippen molar-refractivity contribution in [3.8, 4) is 0 Å². The van der Waals surface area contributed by atoms with E-state index in [1.807, 2.05) is 13.8 Å². The van der Waals surface area contributed by atoms with E-state index in [1.54, 1.807) is 13.8 Å². The summed E-state index contributed by atoms with van der Waals surface area (Å²) in [5, 5.41) is 2.64. The molecule has 6 heteroatoms. The standard InChI is InChI=1S/C14H23NO4.H2S/c1-9(2)14(11(5)16)15-12(17)7-6-8-13(18)19-10(3)4;/h6,8-10,14H,7H2,1-5H3,(H,15,17);1H2/b8-6+;. The molecule has 116 valence electrons. The van der Waals surface area contributed by atoms with Crippen LogP contribution < -0.4 is 5.32 Å². The zero-order valence-electron chi connectivity index (χ0n) is 12.7. The lowest BCUT2D eigenvalue weighted by Gasteiger charge is -2.18. The SMILES string of the molecule is CC(=O)C(NC(=O)C/C=C/C(=O)OC(C)C)C(C)C.S. The summed E-state index contributed by atoms with van der Waals surface area (Å²) in [5.41, 5.74) is 0. The molecule has 0 fully saturated rings. The highest BCUT2D eigenvalue weighted by molar-refractivity contribution is 7.59. The summed E-state index contributed by atoms with van der Waals surface area (Å²) in [6, 6.07) is -0.483. The van der Waals surface area contributed by atoms with Crippen LogP contribution in [0.15, 0.2) is 12.2 Å². The monoisotopic (exact) mass is 303 g/mol. The Hall–Kier alpha value is -1.30. The average molecular weight is 303 g/mol. The van der Waals surface area contributed by atoms with Crippen molar-refractivity contribution in [1.29, 1.82) is 0 Å². The average Bonchev–Trinajstić information content (AvgIpc) is 2.23. The molecular formula is C14H25NO4S. The first-order chi connectivity index (χ1) is 8.73. The van der Waals surface area contributed by atoms with E-state index in [0.29, 0.717) is 0 Å². The third-order valence-electron chi connectivity index (χ3n) is 2.33. The first-order valence-electron chi connectivity index (χ1n) is 6.41. The molecule has 0 aliphatic rings. The summed E-state index contributed by atoms with van der Waals surface area (Å²) >= 11 is 0. The number of nitrogens with one attached hydrogen (secondary N) is 1. The summed E-state index contributed by atoms with van der Waals surface area (Å²) < 4.78 is 4.88. The van der Waals surface area contributed by atoms with Crippen LogP contribution in [0, 0.1) is 5.92 Å². The summed E-state index contributed by atoms with van der Waals surface area (Å²) in [5.74, 6) is -0.805. The molecule has 0 bridgehead atoms. The Morgan fingerprint density at radius 2 is 1.70 bits per heavy atom. The maximum Gasteiger partial charge on any atom is 0.330 e. The predicted molar refractivity (Wildman–Crippen MR) is 82.8 cm³/mol. The second-order valence-corrected chi connectivity index (χ2v) is 4.99. The molecule has 0 aromatic rings. The first-order valence-corrected chi connectivity index (χ1v) is 6.41. The number of hydrogen-bond acceptors (Lipinski definition) is 4. The Bertz CT molecular complexity index is 364. The van der Waals surface area contributed by atoms with Crippen LogP contribution >= 0.6 is 13.5 Å². The molecule has 0 heterocycles. The van der Waals surface area contributed by atoms with Crippen molar-refractivity contribution in [2.24, 2.45) is 5.92 Å². The van der Waals surface area contributed by atoms with Gasteiger partial charge in [0.05, 0.1) is 12.1 Å². The van der Waals surface area contributed by atoms with Gasteiger partial charge < -0.3 is 10.1 Å². The molecule has 0 spiro atoms. The summed E-state index contributed by atoms with van der Waals surface area (Å²) in [6.07, 6.45) is 2.51. The van der Waals surface area contributed by atoms with Gasteiger partial charge in [0, 0.05) is 12.5 Å². The molecule has 20 heavy (non-hydrogen) atoms. The fourth-order valence-electron chi connectivity index (χ4n) is 1.50. The van der Waals surface area contributed by atoms with E-state index < -0.39 is 12.0 Å². The summed E-state index contributed by atoms with van der Waals surface area (Å²) in [4.78, 5) is 34.1. The number of rotatable bonds is 7. The molecule has 0 saturated carbocycles. The van der Waals surface area contributed by atoms with Crippen molar-refractivity contribution >= 4 is 31.2 Å². The maximum atomic E-state index is 11.6. The van der Waals surface area contributed by atoms with Gasteiger partial charge in [0.15, 0.2) is 5.78 Å². The van der Waals surface area contributed by atoms with Gasteiger partial charge >= 0.3 is 5.97 Å². The van der Waals surface area contributed by atoms with E-state index in [-0.39, 0.29) is 43.6 Å². The number of hydrogen-bond donors (Lipinski definition) is 1. The minimum atomic E-state index is -0.483. The molecule has 1 atom stereocenters. The number of carbonyl (C=O) groups excluding carboxylic acids is 3. The Kier molecular flexibility index (Phi) is 11.0. The molecule has 0 aromatic heterocycles. The number of Topliss-reactive ketones (excluding diaryl/α,β-unsaturated/α-hetero) is 1. The zero-order chi connectivity index (χ0) is 15.0. The number of ether oxygens (including phenoxy) is 1. The molecule has 1 unspecified atom stereocenters. The second-order valence-electron chi connectivity index (χ2n) is 4.99. The van der Waals surface area contributed by atoms with Crippen molar-refractivity contribution in [1.82, 2.24) is 5.32 Å². The van der Waals surface area contributed by atoms with Crippen LogP contribution in [0.2, 0.25) is 0 Å². The lowest BCUT2D eigenvalue weighted by molar-refractivity contribution is -0.141. The van der Waals surface area contributed by atoms with Gasteiger partial charge in [0.25, 0.3) is 0 Å².